The number of nitrogens with one attached hydrogen (secondary N) is 1. The van der Waals surface area contributed by atoms with Gasteiger partial charge in [0.2, 0.25) is 5.91 Å². The van der Waals surface area contributed by atoms with Crippen LogP contribution in [0.2, 0.25) is 0 Å². The lowest BCUT2D eigenvalue weighted by molar-refractivity contribution is -0.140. The number of aliphatic carboxylic acids is 1. The van der Waals surface area contributed by atoms with Crippen molar-refractivity contribution in [1.82, 2.24) is 0 Å². The molecule has 2 N–H and O–H groups in total. The molecule has 1 aliphatic rings. The summed E-state index contributed by atoms with van der Waals surface area (Å²) in [5, 5.41) is 11.9. The zero-order chi connectivity index (χ0) is 14.0. The molecule has 0 aromatic heterocycles. The molecule has 0 unspecified atom stereocenters. The average molecular weight is 259 g/mol. The van der Waals surface area contributed by atoms with Gasteiger partial charge in [-0.05, 0) is 44.4 Å². The fourth-order valence-electron chi connectivity index (χ4n) is 2.06. The Kier molecular flexibility index (Phi) is 3.42. The largest absolute Gasteiger partial charge is 0.481 e. The van der Waals surface area contributed by atoms with Crippen LogP contribution in [-0.4, -0.2) is 17.0 Å². The fraction of sp³-hybridized carbons (Fsp3) is 0.333. The van der Waals surface area contributed by atoms with Crippen LogP contribution in [0.1, 0.15) is 32.3 Å². The molecule has 1 aliphatic carbocycles. The molecular formula is C15H17NO3. The predicted octanol–water partition coefficient (Wildman–Crippen LogP) is 2.71. The number of carbonyl (C=O) groups excluding carboxylic acids is 1. The molecular weight excluding hydrogens is 242 g/mol. The van der Waals surface area contributed by atoms with Crippen LogP contribution in [0.4, 0.5) is 5.69 Å². The van der Waals surface area contributed by atoms with Gasteiger partial charge in [0.1, 0.15) is 0 Å². The van der Waals surface area contributed by atoms with E-state index < -0.39 is 11.4 Å². The molecule has 4 nitrogen and oxygen atoms in total. The number of rotatable bonds is 4. The summed E-state index contributed by atoms with van der Waals surface area (Å²) in [5.74, 6) is -0.944. The van der Waals surface area contributed by atoms with Gasteiger partial charge in [0.25, 0.3) is 0 Å². The molecule has 0 bridgehead atoms. The third kappa shape index (κ3) is 2.84. The Bertz CT molecular complexity index is 535. The first-order valence-electron chi connectivity index (χ1n) is 6.24. The molecule has 0 atom stereocenters. The number of benzene rings is 1. The number of amides is 1. The van der Waals surface area contributed by atoms with Crippen LogP contribution < -0.4 is 5.32 Å². The summed E-state index contributed by atoms with van der Waals surface area (Å²) in [5.41, 5.74) is 1.72. The van der Waals surface area contributed by atoms with Crippen LogP contribution in [0.3, 0.4) is 0 Å². The third-order valence-corrected chi connectivity index (χ3v) is 3.28. The Morgan fingerprint density at radius 1 is 1.21 bits per heavy atom. The quantitative estimate of drug-likeness (QED) is 0.817. The minimum Gasteiger partial charge on any atom is -0.481 e. The van der Waals surface area contributed by atoms with Crippen molar-refractivity contribution >= 4 is 17.6 Å². The molecule has 4 heteroatoms. The maximum atomic E-state index is 11.5. The molecule has 19 heavy (non-hydrogen) atoms. The van der Waals surface area contributed by atoms with E-state index >= 15 is 0 Å². The molecule has 0 radical (unpaired) electrons. The van der Waals surface area contributed by atoms with E-state index in [0.29, 0.717) is 18.5 Å². The molecule has 1 fully saturated rings. The first-order valence-corrected chi connectivity index (χ1v) is 6.24. The minimum atomic E-state index is -0.770. The maximum absolute atomic E-state index is 11.5. The predicted molar refractivity (Wildman–Crippen MR) is 73.1 cm³/mol. The standard InChI is InChI=1S/C15H17NO3/c1-10(2)9-13(17)16-12-5-3-11(4-6-12)15(7-8-15)14(18)19/h3-6,9H,7-8H2,1-2H3,(H,16,17)(H,18,19). The Morgan fingerprint density at radius 3 is 2.21 bits per heavy atom. The van der Waals surface area contributed by atoms with Gasteiger partial charge >= 0.3 is 5.97 Å². The summed E-state index contributed by atoms with van der Waals surface area (Å²) in [7, 11) is 0. The number of hydrogen-bond donors (Lipinski definition) is 2. The van der Waals surface area contributed by atoms with E-state index in [0.717, 1.165) is 11.1 Å². The van der Waals surface area contributed by atoms with Gasteiger partial charge in [0.05, 0.1) is 5.41 Å². The summed E-state index contributed by atoms with van der Waals surface area (Å²) >= 11 is 0. The molecule has 2 rings (SSSR count). The summed E-state index contributed by atoms with van der Waals surface area (Å²) < 4.78 is 0. The molecule has 0 spiro atoms. The van der Waals surface area contributed by atoms with E-state index in [1.54, 1.807) is 24.3 Å². The Balaban J connectivity index is 2.10. The van der Waals surface area contributed by atoms with Crippen LogP contribution in [-0.2, 0) is 15.0 Å². The van der Waals surface area contributed by atoms with Crippen molar-refractivity contribution in [3.8, 4) is 0 Å². The zero-order valence-electron chi connectivity index (χ0n) is 11.1. The highest BCUT2D eigenvalue weighted by Crippen LogP contribution is 2.48. The molecule has 0 heterocycles. The Morgan fingerprint density at radius 2 is 1.79 bits per heavy atom. The highest BCUT2D eigenvalue weighted by molar-refractivity contribution is 5.99. The summed E-state index contributed by atoms with van der Waals surface area (Å²) in [6.45, 7) is 3.71. The van der Waals surface area contributed by atoms with E-state index in [1.165, 1.54) is 6.08 Å². The van der Waals surface area contributed by atoms with Gasteiger partial charge in [-0.3, -0.25) is 9.59 Å². The molecule has 0 saturated heterocycles. The number of carboxylic acid groups (broad SMARTS) is 1. The average Bonchev–Trinajstić information content (AvgIpc) is 3.09. The van der Waals surface area contributed by atoms with Gasteiger partial charge in [-0.25, -0.2) is 0 Å². The Hall–Kier alpha value is -2.10. The van der Waals surface area contributed by atoms with Gasteiger partial charge in [-0.1, -0.05) is 17.7 Å². The molecule has 1 aromatic carbocycles. The number of allylic oxidation sites excluding steroid dienone is 1. The zero-order valence-corrected chi connectivity index (χ0v) is 11.1. The van der Waals surface area contributed by atoms with Crippen molar-refractivity contribution in [2.45, 2.75) is 32.1 Å². The molecule has 1 amide bonds. The van der Waals surface area contributed by atoms with Crippen LogP contribution >= 0.6 is 0 Å². The van der Waals surface area contributed by atoms with E-state index in [-0.39, 0.29) is 5.91 Å². The first kappa shape index (κ1) is 13.3. The lowest BCUT2D eigenvalue weighted by atomic mass is 9.96. The van der Waals surface area contributed by atoms with Gasteiger partial charge in [-0.15, -0.1) is 0 Å². The monoisotopic (exact) mass is 259 g/mol. The summed E-state index contributed by atoms with van der Waals surface area (Å²) in [4.78, 5) is 22.7. The van der Waals surface area contributed by atoms with E-state index in [2.05, 4.69) is 5.32 Å². The maximum Gasteiger partial charge on any atom is 0.314 e. The van der Waals surface area contributed by atoms with Crippen molar-refractivity contribution in [2.75, 3.05) is 5.32 Å². The van der Waals surface area contributed by atoms with Crippen LogP contribution in [0, 0.1) is 0 Å². The van der Waals surface area contributed by atoms with Crippen LogP contribution in [0.15, 0.2) is 35.9 Å². The van der Waals surface area contributed by atoms with Gasteiger partial charge in [0.15, 0.2) is 0 Å². The van der Waals surface area contributed by atoms with E-state index in [1.807, 2.05) is 13.8 Å². The Labute approximate surface area is 112 Å². The van der Waals surface area contributed by atoms with E-state index in [4.69, 9.17) is 0 Å². The highest BCUT2D eigenvalue weighted by Gasteiger charge is 2.51. The second-order valence-corrected chi connectivity index (χ2v) is 5.18. The van der Waals surface area contributed by atoms with Crippen molar-refractivity contribution in [1.29, 1.82) is 0 Å². The topological polar surface area (TPSA) is 66.4 Å². The van der Waals surface area contributed by atoms with Gasteiger partial charge in [-0.2, -0.15) is 0 Å². The molecule has 1 aromatic rings. The van der Waals surface area contributed by atoms with Crippen molar-refractivity contribution < 1.29 is 14.7 Å². The molecule has 0 aliphatic heterocycles. The number of carboxylic acids is 1. The smallest absolute Gasteiger partial charge is 0.314 e. The molecule has 1 saturated carbocycles. The van der Waals surface area contributed by atoms with Gasteiger partial charge in [0, 0.05) is 11.8 Å². The molecule has 100 valence electrons. The van der Waals surface area contributed by atoms with Crippen molar-refractivity contribution in [2.24, 2.45) is 0 Å². The van der Waals surface area contributed by atoms with Crippen LogP contribution in [0.25, 0.3) is 0 Å². The number of hydrogen-bond acceptors (Lipinski definition) is 2. The number of anilines is 1. The third-order valence-electron chi connectivity index (χ3n) is 3.28. The van der Waals surface area contributed by atoms with E-state index in [9.17, 15) is 14.7 Å². The fourth-order valence-corrected chi connectivity index (χ4v) is 2.06. The first-order chi connectivity index (χ1) is 8.94. The normalized spacial score (nSPS) is 15.5. The highest BCUT2D eigenvalue weighted by atomic mass is 16.4. The van der Waals surface area contributed by atoms with Crippen molar-refractivity contribution in [3.05, 3.63) is 41.5 Å². The number of carbonyl (C=O) groups is 2. The summed E-state index contributed by atoms with van der Waals surface area (Å²) in [6, 6.07) is 7.04. The lowest BCUT2D eigenvalue weighted by Crippen LogP contribution is -2.19. The van der Waals surface area contributed by atoms with Crippen LogP contribution in [0.5, 0.6) is 0 Å². The van der Waals surface area contributed by atoms with Gasteiger partial charge < -0.3 is 10.4 Å². The lowest BCUT2D eigenvalue weighted by Gasteiger charge is -2.11. The SMILES string of the molecule is CC(C)=CC(=O)Nc1ccc(C2(C(=O)O)CC2)cc1. The summed E-state index contributed by atoms with van der Waals surface area (Å²) in [6.07, 6.45) is 2.89. The minimum absolute atomic E-state index is 0.174. The second kappa shape index (κ2) is 4.88. The second-order valence-electron chi connectivity index (χ2n) is 5.18. The van der Waals surface area contributed by atoms with Crippen molar-refractivity contribution in [3.63, 3.8) is 0 Å².